The molecule has 0 saturated heterocycles. The van der Waals surface area contributed by atoms with Crippen molar-refractivity contribution in [1.29, 1.82) is 0 Å². The summed E-state index contributed by atoms with van der Waals surface area (Å²) in [5.74, 6) is 0.572. The molecule has 0 bridgehead atoms. The van der Waals surface area contributed by atoms with Crippen LogP contribution in [-0.4, -0.2) is 28.5 Å². The van der Waals surface area contributed by atoms with E-state index < -0.39 is 0 Å². The molecule has 1 amide bonds. The van der Waals surface area contributed by atoms with Gasteiger partial charge in [0.05, 0.1) is 6.61 Å². The SMILES string of the molecule is O=C(CCCOCCc1ccccc1)Nc1nc(-c2ccccc2)ns1. The van der Waals surface area contributed by atoms with Crippen LogP contribution >= 0.6 is 11.5 Å². The molecule has 0 spiro atoms. The number of nitrogens with one attached hydrogen (secondary N) is 1. The molecular formula is C20H21N3O2S. The molecule has 1 N–H and O–H groups in total. The number of hydrogen-bond donors (Lipinski definition) is 1. The zero-order valence-electron chi connectivity index (χ0n) is 14.4. The van der Waals surface area contributed by atoms with Gasteiger partial charge in [0.2, 0.25) is 11.0 Å². The Balaban J connectivity index is 1.32. The quantitative estimate of drug-likeness (QED) is 0.576. The standard InChI is InChI=1S/C20H21N3O2S/c24-18(12-7-14-25-15-13-16-8-3-1-4-9-16)21-20-22-19(23-26-20)17-10-5-2-6-11-17/h1-6,8-11H,7,12-15H2,(H,21,22,23,24). The van der Waals surface area contributed by atoms with Crippen LogP contribution in [0, 0.1) is 0 Å². The van der Waals surface area contributed by atoms with Crippen molar-refractivity contribution < 1.29 is 9.53 Å². The van der Waals surface area contributed by atoms with Gasteiger partial charge in [-0.1, -0.05) is 60.7 Å². The maximum absolute atomic E-state index is 12.0. The monoisotopic (exact) mass is 367 g/mol. The third kappa shape index (κ3) is 5.75. The van der Waals surface area contributed by atoms with Gasteiger partial charge < -0.3 is 10.1 Å². The van der Waals surface area contributed by atoms with E-state index in [0.29, 0.717) is 37.0 Å². The summed E-state index contributed by atoms with van der Waals surface area (Å²) >= 11 is 1.19. The van der Waals surface area contributed by atoms with E-state index in [4.69, 9.17) is 4.74 Å². The molecular weight excluding hydrogens is 346 g/mol. The zero-order chi connectivity index (χ0) is 18.0. The number of rotatable bonds is 9. The molecule has 3 rings (SSSR count). The van der Waals surface area contributed by atoms with Crippen LogP contribution in [0.1, 0.15) is 18.4 Å². The first-order valence-electron chi connectivity index (χ1n) is 8.62. The molecule has 0 atom stereocenters. The van der Waals surface area contributed by atoms with Crippen LogP contribution < -0.4 is 5.32 Å². The predicted octanol–water partition coefficient (Wildman–Crippen LogP) is 4.18. The van der Waals surface area contributed by atoms with Crippen LogP contribution in [0.5, 0.6) is 0 Å². The first-order valence-corrected chi connectivity index (χ1v) is 9.39. The fourth-order valence-electron chi connectivity index (χ4n) is 2.43. The van der Waals surface area contributed by atoms with Crippen LogP contribution in [0.3, 0.4) is 0 Å². The van der Waals surface area contributed by atoms with E-state index in [9.17, 15) is 4.79 Å². The molecule has 6 heteroatoms. The fraction of sp³-hybridized carbons (Fsp3) is 0.250. The van der Waals surface area contributed by atoms with Gasteiger partial charge in [0, 0.05) is 30.1 Å². The van der Waals surface area contributed by atoms with E-state index in [1.807, 2.05) is 48.5 Å². The maximum Gasteiger partial charge on any atom is 0.226 e. The molecule has 0 aliphatic rings. The molecule has 0 unspecified atom stereocenters. The van der Waals surface area contributed by atoms with Crippen molar-refractivity contribution in [2.45, 2.75) is 19.3 Å². The van der Waals surface area contributed by atoms with Crippen LogP contribution in [-0.2, 0) is 16.0 Å². The van der Waals surface area contributed by atoms with Crippen molar-refractivity contribution in [1.82, 2.24) is 9.36 Å². The molecule has 0 aliphatic heterocycles. The second-order valence-electron chi connectivity index (χ2n) is 5.79. The highest BCUT2D eigenvalue weighted by molar-refractivity contribution is 7.10. The Morgan fingerprint density at radius 1 is 1.00 bits per heavy atom. The number of hydrogen-bond acceptors (Lipinski definition) is 5. The van der Waals surface area contributed by atoms with Crippen molar-refractivity contribution >= 4 is 22.6 Å². The Hall–Kier alpha value is -2.57. The lowest BCUT2D eigenvalue weighted by atomic mass is 10.2. The van der Waals surface area contributed by atoms with Gasteiger partial charge in [0.1, 0.15) is 0 Å². The number of anilines is 1. The van der Waals surface area contributed by atoms with Crippen molar-refractivity contribution in [2.75, 3.05) is 18.5 Å². The molecule has 0 fully saturated rings. The first-order chi connectivity index (χ1) is 12.8. The van der Waals surface area contributed by atoms with Gasteiger partial charge in [-0.05, 0) is 18.4 Å². The Labute approximate surface area is 157 Å². The van der Waals surface area contributed by atoms with Crippen molar-refractivity contribution in [3.05, 3.63) is 66.2 Å². The van der Waals surface area contributed by atoms with Gasteiger partial charge in [0.15, 0.2) is 5.82 Å². The number of amides is 1. The highest BCUT2D eigenvalue weighted by atomic mass is 32.1. The lowest BCUT2D eigenvalue weighted by Crippen LogP contribution is -2.12. The van der Waals surface area contributed by atoms with Gasteiger partial charge >= 0.3 is 0 Å². The van der Waals surface area contributed by atoms with E-state index in [1.165, 1.54) is 17.1 Å². The first kappa shape index (κ1) is 18.2. The van der Waals surface area contributed by atoms with Crippen LogP contribution in [0.2, 0.25) is 0 Å². The van der Waals surface area contributed by atoms with Crippen LogP contribution in [0.25, 0.3) is 11.4 Å². The Morgan fingerprint density at radius 3 is 2.50 bits per heavy atom. The summed E-state index contributed by atoms with van der Waals surface area (Å²) < 4.78 is 9.88. The van der Waals surface area contributed by atoms with Gasteiger partial charge in [-0.2, -0.15) is 9.36 Å². The highest BCUT2D eigenvalue weighted by Gasteiger charge is 2.09. The summed E-state index contributed by atoms with van der Waals surface area (Å²) in [6, 6.07) is 19.9. The van der Waals surface area contributed by atoms with Crippen LogP contribution in [0.4, 0.5) is 5.13 Å². The third-order valence-corrected chi connectivity index (χ3v) is 4.41. The summed E-state index contributed by atoms with van der Waals surface area (Å²) in [6.07, 6.45) is 1.98. The van der Waals surface area contributed by atoms with Crippen LogP contribution in [0.15, 0.2) is 60.7 Å². The molecule has 2 aromatic carbocycles. The average Bonchev–Trinajstić information content (AvgIpc) is 3.14. The molecule has 5 nitrogen and oxygen atoms in total. The number of nitrogens with zero attached hydrogens (tertiary/aromatic N) is 2. The zero-order valence-corrected chi connectivity index (χ0v) is 15.2. The summed E-state index contributed by atoms with van der Waals surface area (Å²) in [6.45, 7) is 1.24. The summed E-state index contributed by atoms with van der Waals surface area (Å²) in [7, 11) is 0. The Morgan fingerprint density at radius 2 is 1.73 bits per heavy atom. The van der Waals surface area contributed by atoms with Gasteiger partial charge in [-0.25, -0.2) is 0 Å². The molecule has 0 aliphatic carbocycles. The van der Waals surface area contributed by atoms with E-state index in [2.05, 4.69) is 26.8 Å². The topological polar surface area (TPSA) is 64.1 Å². The molecule has 0 saturated carbocycles. The van der Waals surface area contributed by atoms with Crippen molar-refractivity contribution in [3.8, 4) is 11.4 Å². The van der Waals surface area contributed by atoms with E-state index >= 15 is 0 Å². The molecule has 134 valence electrons. The normalized spacial score (nSPS) is 10.6. The second kappa shape index (κ2) is 9.79. The minimum Gasteiger partial charge on any atom is -0.381 e. The lowest BCUT2D eigenvalue weighted by molar-refractivity contribution is -0.116. The lowest BCUT2D eigenvalue weighted by Gasteiger charge is -2.04. The molecule has 3 aromatic rings. The minimum atomic E-state index is -0.0626. The third-order valence-electron chi connectivity index (χ3n) is 3.77. The summed E-state index contributed by atoms with van der Waals surface area (Å²) in [5.41, 5.74) is 2.20. The molecule has 26 heavy (non-hydrogen) atoms. The Bertz CT molecular complexity index is 806. The summed E-state index contributed by atoms with van der Waals surface area (Å²) in [5, 5.41) is 3.33. The highest BCUT2D eigenvalue weighted by Crippen LogP contribution is 2.20. The number of benzene rings is 2. The van der Waals surface area contributed by atoms with E-state index in [0.717, 1.165) is 12.0 Å². The number of ether oxygens (including phenoxy) is 1. The van der Waals surface area contributed by atoms with Crippen molar-refractivity contribution in [3.63, 3.8) is 0 Å². The molecule has 1 heterocycles. The second-order valence-corrected chi connectivity index (χ2v) is 6.54. The average molecular weight is 367 g/mol. The molecule has 1 aromatic heterocycles. The van der Waals surface area contributed by atoms with E-state index in [1.54, 1.807) is 0 Å². The number of aromatic nitrogens is 2. The predicted molar refractivity (Wildman–Crippen MR) is 104 cm³/mol. The smallest absolute Gasteiger partial charge is 0.226 e. The Kier molecular flexibility index (Phi) is 6.87. The largest absolute Gasteiger partial charge is 0.381 e. The van der Waals surface area contributed by atoms with E-state index in [-0.39, 0.29) is 5.91 Å². The fourth-order valence-corrected chi connectivity index (χ4v) is 3.04. The summed E-state index contributed by atoms with van der Waals surface area (Å²) in [4.78, 5) is 16.3. The number of carbonyl (C=O) groups excluding carboxylic acids is 1. The van der Waals surface area contributed by atoms with Crippen molar-refractivity contribution in [2.24, 2.45) is 0 Å². The van der Waals surface area contributed by atoms with Gasteiger partial charge in [0.25, 0.3) is 0 Å². The minimum absolute atomic E-state index is 0.0626. The van der Waals surface area contributed by atoms with Gasteiger partial charge in [-0.3, -0.25) is 4.79 Å². The number of carbonyl (C=O) groups is 1. The molecule has 0 radical (unpaired) electrons. The van der Waals surface area contributed by atoms with Gasteiger partial charge in [-0.15, -0.1) is 0 Å². The maximum atomic E-state index is 12.0.